The molecule has 1 atom stereocenters. The van der Waals surface area contributed by atoms with Crippen LogP contribution in [0.5, 0.6) is 0 Å². The Balaban J connectivity index is 3.44. The maximum atomic E-state index is 11.1. The van der Waals surface area contributed by atoms with Crippen LogP contribution in [0.2, 0.25) is 0 Å². The summed E-state index contributed by atoms with van der Waals surface area (Å²) in [6.07, 6.45) is 17.8. The van der Waals surface area contributed by atoms with E-state index in [-0.39, 0.29) is 5.57 Å². The van der Waals surface area contributed by atoms with E-state index in [0.717, 1.165) is 19.3 Å². The molecule has 0 aromatic heterocycles. The van der Waals surface area contributed by atoms with Gasteiger partial charge in [-0.25, -0.2) is 4.79 Å². The minimum atomic E-state index is -1.21. The summed E-state index contributed by atoms with van der Waals surface area (Å²) in [5, 5.41) is 17.9. The van der Waals surface area contributed by atoms with Crippen molar-refractivity contribution in [3.05, 3.63) is 12.2 Å². The summed E-state index contributed by atoms with van der Waals surface area (Å²) in [5.41, 5.74) is -0.206. The van der Waals surface area contributed by atoms with Crippen molar-refractivity contribution in [1.29, 1.82) is 0 Å². The number of carboxylic acids is 2. The fraction of sp³-hybridized carbons (Fsp3) is 0.810. The Kier molecular flexibility index (Phi) is 15.3. The fourth-order valence-electron chi connectivity index (χ4n) is 3.14. The SMILES string of the molecule is C=C(C(=O)O)[C@@H](CCCCCCCCCCCCCCCC)C(=O)O. The summed E-state index contributed by atoms with van der Waals surface area (Å²) in [6.45, 7) is 5.63. The Morgan fingerprint density at radius 2 is 1.08 bits per heavy atom. The number of unbranched alkanes of at least 4 members (excludes halogenated alkanes) is 13. The molecule has 0 unspecified atom stereocenters. The van der Waals surface area contributed by atoms with Gasteiger partial charge in [-0.1, -0.05) is 103 Å². The first kappa shape index (κ1) is 23.7. The zero-order chi connectivity index (χ0) is 18.9. The number of carbonyl (C=O) groups is 2. The molecule has 4 heteroatoms. The molecule has 0 bridgehead atoms. The quantitative estimate of drug-likeness (QED) is 0.227. The van der Waals surface area contributed by atoms with Crippen LogP contribution in [0.1, 0.15) is 103 Å². The van der Waals surface area contributed by atoms with Gasteiger partial charge in [-0.15, -0.1) is 0 Å². The molecule has 0 aliphatic carbocycles. The molecule has 0 saturated heterocycles. The van der Waals surface area contributed by atoms with Crippen LogP contribution < -0.4 is 0 Å². The number of rotatable bonds is 18. The number of hydrogen-bond acceptors (Lipinski definition) is 2. The highest BCUT2D eigenvalue weighted by Gasteiger charge is 2.24. The van der Waals surface area contributed by atoms with Crippen LogP contribution >= 0.6 is 0 Å². The van der Waals surface area contributed by atoms with Gasteiger partial charge >= 0.3 is 11.9 Å². The minimum Gasteiger partial charge on any atom is -0.481 e. The van der Waals surface area contributed by atoms with Crippen molar-refractivity contribution in [3.63, 3.8) is 0 Å². The van der Waals surface area contributed by atoms with Crippen molar-refractivity contribution in [2.24, 2.45) is 5.92 Å². The maximum absolute atomic E-state index is 11.1. The van der Waals surface area contributed by atoms with Gasteiger partial charge in [0, 0.05) is 5.57 Å². The van der Waals surface area contributed by atoms with E-state index in [1.54, 1.807) is 0 Å². The standard InChI is InChI=1S/C21H38O4/c1-3-4-5-6-7-8-9-10-11-12-13-14-15-16-17-19(21(24)25)18(2)20(22)23/h19H,2-17H2,1H3,(H,22,23)(H,24,25)/t19-/m1/s1. The second kappa shape index (κ2) is 16.2. The lowest BCUT2D eigenvalue weighted by Crippen LogP contribution is -2.20. The Morgan fingerprint density at radius 3 is 1.40 bits per heavy atom. The van der Waals surface area contributed by atoms with Gasteiger partial charge in [-0.2, -0.15) is 0 Å². The molecule has 0 radical (unpaired) electrons. The van der Waals surface area contributed by atoms with E-state index in [4.69, 9.17) is 10.2 Å². The van der Waals surface area contributed by atoms with E-state index in [1.807, 2.05) is 0 Å². The summed E-state index contributed by atoms with van der Waals surface area (Å²) in [4.78, 5) is 21.9. The van der Waals surface area contributed by atoms with Crippen LogP contribution in [-0.4, -0.2) is 22.2 Å². The second-order valence-electron chi connectivity index (χ2n) is 7.11. The molecule has 0 spiro atoms. The molecule has 0 aromatic carbocycles. The molecule has 0 amide bonds. The lowest BCUT2D eigenvalue weighted by molar-refractivity contribution is -0.144. The zero-order valence-corrected chi connectivity index (χ0v) is 16.1. The Hall–Kier alpha value is -1.32. The van der Waals surface area contributed by atoms with Gasteiger partial charge < -0.3 is 10.2 Å². The molecule has 0 saturated carbocycles. The zero-order valence-electron chi connectivity index (χ0n) is 16.1. The number of carboxylic acid groups (broad SMARTS) is 2. The normalized spacial score (nSPS) is 12.0. The van der Waals surface area contributed by atoms with Crippen LogP contribution in [0.25, 0.3) is 0 Å². The van der Waals surface area contributed by atoms with E-state index in [2.05, 4.69) is 13.5 Å². The van der Waals surface area contributed by atoms with Crippen molar-refractivity contribution < 1.29 is 19.8 Å². The molecule has 0 aliphatic rings. The second-order valence-corrected chi connectivity index (χ2v) is 7.11. The molecule has 0 fully saturated rings. The first-order chi connectivity index (χ1) is 12.0. The third-order valence-electron chi connectivity index (χ3n) is 4.84. The van der Waals surface area contributed by atoms with Crippen LogP contribution in [0, 0.1) is 5.92 Å². The van der Waals surface area contributed by atoms with Gasteiger partial charge in [0.2, 0.25) is 0 Å². The summed E-state index contributed by atoms with van der Waals surface area (Å²) in [6, 6.07) is 0. The van der Waals surface area contributed by atoms with E-state index in [1.165, 1.54) is 70.6 Å². The van der Waals surface area contributed by atoms with Crippen LogP contribution in [0.3, 0.4) is 0 Å². The average Bonchev–Trinajstić information content (AvgIpc) is 2.57. The van der Waals surface area contributed by atoms with E-state index in [9.17, 15) is 9.59 Å². The Bertz CT molecular complexity index is 376. The largest absolute Gasteiger partial charge is 0.481 e. The predicted octanol–water partition coefficient (Wildman–Crippen LogP) is 6.20. The topological polar surface area (TPSA) is 74.6 Å². The van der Waals surface area contributed by atoms with Crippen molar-refractivity contribution in [3.8, 4) is 0 Å². The van der Waals surface area contributed by atoms with Crippen LogP contribution in [0.4, 0.5) is 0 Å². The van der Waals surface area contributed by atoms with Gasteiger partial charge in [0.15, 0.2) is 0 Å². The first-order valence-electron chi connectivity index (χ1n) is 10.2. The van der Waals surface area contributed by atoms with Crippen molar-refractivity contribution >= 4 is 11.9 Å². The highest BCUT2D eigenvalue weighted by atomic mass is 16.4. The third-order valence-corrected chi connectivity index (χ3v) is 4.84. The van der Waals surface area contributed by atoms with E-state index < -0.39 is 17.9 Å². The number of aliphatic carboxylic acids is 2. The highest BCUT2D eigenvalue weighted by molar-refractivity contribution is 5.93. The molecule has 0 aliphatic heterocycles. The lowest BCUT2D eigenvalue weighted by Gasteiger charge is -2.11. The predicted molar refractivity (Wildman–Crippen MR) is 103 cm³/mol. The maximum Gasteiger partial charge on any atom is 0.331 e. The molecule has 0 aromatic rings. The first-order valence-corrected chi connectivity index (χ1v) is 10.2. The van der Waals surface area contributed by atoms with Gasteiger partial charge in [-0.3, -0.25) is 4.79 Å². The monoisotopic (exact) mass is 354 g/mol. The average molecular weight is 355 g/mol. The highest BCUT2D eigenvalue weighted by Crippen LogP contribution is 2.19. The van der Waals surface area contributed by atoms with Gasteiger partial charge in [0.25, 0.3) is 0 Å². The van der Waals surface area contributed by atoms with Gasteiger partial charge in [0.05, 0.1) is 5.92 Å². The smallest absolute Gasteiger partial charge is 0.331 e. The van der Waals surface area contributed by atoms with Crippen LogP contribution in [0.15, 0.2) is 12.2 Å². The molecular formula is C21H38O4. The molecule has 4 nitrogen and oxygen atoms in total. The van der Waals surface area contributed by atoms with Crippen molar-refractivity contribution in [1.82, 2.24) is 0 Å². The minimum absolute atomic E-state index is 0.206. The molecule has 25 heavy (non-hydrogen) atoms. The van der Waals surface area contributed by atoms with Crippen LogP contribution in [-0.2, 0) is 9.59 Å². The summed E-state index contributed by atoms with van der Waals surface area (Å²) >= 11 is 0. The van der Waals surface area contributed by atoms with Gasteiger partial charge in [0.1, 0.15) is 0 Å². The molecule has 146 valence electrons. The van der Waals surface area contributed by atoms with Crippen molar-refractivity contribution in [2.45, 2.75) is 103 Å². The molecular weight excluding hydrogens is 316 g/mol. The molecule has 2 N–H and O–H groups in total. The number of hydrogen-bond donors (Lipinski definition) is 2. The van der Waals surface area contributed by atoms with E-state index >= 15 is 0 Å². The van der Waals surface area contributed by atoms with E-state index in [0.29, 0.717) is 6.42 Å². The Morgan fingerprint density at radius 1 is 0.720 bits per heavy atom. The third kappa shape index (κ3) is 13.6. The fourth-order valence-corrected chi connectivity index (χ4v) is 3.14. The molecule has 0 rings (SSSR count). The Labute approximate surface area is 153 Å². The lowest BCUT2D eigenvalue weighted by atomic mass is 9.93. The molecule has 0 heterocycles. The summed E-state index contributed by atoms with van der Waals surface area (Å²) < 4.78 is 0. The van der Waals surface area contributed by atoms with Crippen molar-refractivity contribution in [2.75, 3.05) is 0 Å². The van der Waals surface area contributed by atoms with Gasteiger partial charge in [-0.05, 0) is 6.42 Å². The summed E-state index contributed by atoms with van der Waals surface area (Å²) in [5.74, 6) is -3.24. The summed E-state index contributed by atoms with van der Waals surface area (Å²) in [7, 11) is 0.